The summed E-state index contributed by atoms with van der Waals surface area (Å²) < 4.78 is 4.50. The monoisotopic (exact) mass is 295 g/mol. The Labute approximate surface area is 121 Å². The lowest BCUT2D eigenvalue weighted by molar-refractivity contribution is -0.383. The third-order valence-corrected chi connectivity index (χ3v) is 2.71. The van der Waals surface area contributed by atoms with Gasteiger partial charge in [-0.15, -0.1) is 0 Å². The largest absolute Gasteiger partial charge is 0.469 e. The van der Waals surface area contributed by atoms with Crippen molar-refractivity contribution < 1.29 is 19.2 Å². The molecule has 1 amide bonds. The van der Waals surface area contributed by atoms with Crippen LogP contribution in [0.2, 0.25) is 0 Å². The predicted octanol–water partition coefficient (Wildman–Crippen LogP) is 1.03. The van der Waals surface area contributed by atoms with Gasteiger partial charge in [-0.25, -0.2) is 0 Å². The fourth-order valence-electron chi connectivity index (χ4n) is 1.64. The summed E-state index contributed by atoms with van der Waals surface area (Å²) in [6.07, 6.45) is 0.172. The molecule has 0 spiro atoms. The summed E-state index contributed by atoms with van der Waals surface area (Å²) >= 11 is 0. The lowest BCUT2D eigenvalue weighted by atomic mass is 10.2. The van der Waals surface area contributed by atoms with Crippen LogP contribution in [0.1, 0.15) is 6.42 Å². The van der Waals surface area contributed by atoms with Gasteiger partial charge < -0.3 is 10.1 Å². The zero-order chi connectivity index (χ0) is 15.8. The number of nitro groups is 1. The van der Waals surface area contributed by atoms with Gasteiger partial charge in [-0.1, -0.05) is 12.1 Å². The van der Waals surface area contributed by atoms with Gasteiger partial charge in [0, 0.05) is 12.6 Å². The van der Waals surface area contributed by atoms with Gasteiger partial charge in [0.2, 0.25) is 5.91 Å². The van der Waals surface area contributed by atoms with Gasteiger partial charge in [0.05, 0.1) is 25.0 Å². The second kappa shape index (κ2) is 7.95. The van der Waals surface area contributed by atoms with E-state index in [9.17, 15) is 19.7 Å². The maximum absolute atomic E-state index is 11.8. The number of nitro benzene ring substituents is 1. The van der Waals surface area contributed by atoms with E-state index in [1.807, 2.05) is 0 Å². The van der Waals surface area contributed by atoms with Crippen molar-refractivity contribution in [2.24, 2.45) is 0 Å². The molecule has 8 heteroatoms. The highest BCUT2D eigenvalue weighted by Gasteiger charge is 2.15. The number of anilines is 1. The molecule has 0 aliphatic carbocycles. The van der Waals surface area contributed by atoms with E-state index >= 15 is 0 Å². The quantitative estimate of drug-likeness (QED) is 0.458. The van der Waals surface area contributed by atoms with Crippen molar-refractivity contribution in [3.05, 3.63) is 34.4 Å². The van der Waals surface area contributed by atoms with Gasteiger partial charge in [-0.3, -0.25) is 24.6 Å². The minimum absolute atomic E-state index is 0.0169. The summed E-state index contributed by atoms with van der Waals surface area (Å²) in [5, 5.41) is 13.3. The number of esters is 1. The number of ether oxygens (including phenoxy) is 1. The Hall–Kier alpha value is -2.48. The zero-order valence-electron chi connectivity index (χ0n) is 11.9. The Balaban J connectivity index is 2.54. The minimum Gasteiger partial charge on any atom is -0.469 e. The number of carbonyl (C=O) groups excluding carboxylic acids is 2. The number of hydrogen-bond donors (Lipinski definition) is 1. The summed E-state index contributed by atoms with van der Waals surface area (Å²) in [6.45, 7) is 0.375. The molecule has 1 aromatic rings. The lowest BCUT2D eigenvalue weighted by Crippen LogP contribution is -2.32. The van der Waals surface area contributed by atoms with Crippen molar-refractivity contribution in [1.82, 2.24) is 4.90 Å². The molecule has 8 nitrogen and oxygen atoms in total. The van der Waals surface area contributed by atoms with Crippen LogP contribution in [0.3, 0.4) is 0 Å². The van der Waals surface area contributed by atoms with Crippen LogP contribution in [-0.2, 0) is 14.3 Å². The van der Waals surface area contributed by atoms with Crippen molar-refractivity contribution in [3.8, 4) is 0 Å². The molecule has 0 saturated carbocycles. The molecule has 0 saturated heterocycles. The highest BCUT2D eigenvalue weighted by molar-refractivity contribution is 5.94. The van der Waals surface area contributed by atoms with Gasteiger partial charge in [-0.05, 0) is 13.1 Å². The SMILES string of the molecule is COC(=O)CCN(C)CC(=O)Nc1ccccc1[N+](=O)[O-]. The number of para-hydroxylation sites is 2. The van der Waals surface area contributed by atoms with Crippen LogP contribution < -0.4 is 5.32 Å². The molecule has 1 aromatic carbocycles. The highest BCUT2D eigenvalue weighted by atomic mass is 16.6. The van der Waals surface area contributed by atoms with E-state index in [1.54, 1.807) is 18.0 Å². The lowest BCUT2D eigenvalue weighted by Gasteiger charge is -2.15. The molecule has 114 valence electrons. The molecule has 1 N–H and O–H groups in total. The molecule has 0 aliphatic rings. The summed E-state index contributed by atoms with van der Waals surface area (Å²) in [4.78, 5) is 34.7. The number of nitrogens with zero attached hydrogens (tertiary/aromatic N) is 2. The molecule has 0 bridgehead atoms. The van der Waals surface area contributed by atoms with E-state index < -0.39 is 10.8 Å². The summed E-state index contributed by atoms with van der Waals surface area (Å²) in [7, 11) is 2.96. The smallest absolute Gasteiger partial charge is 0.306 e. The number of methoxy groups -OCH3 is 1. The molecule has 0 fully saturated rings. The van der Waals surface area contributed by atoms with Crippen LogP contribution >= 0.6 is 0 Å². The normalized spacial score (nSPS) is 10.2. The van der Waals surface area contributed by atoms with Gasteiger partial charge >= 0.3 is 5.97 Å². The first-order valence-corrected chi connectivity index (χ1v) is 6.22. The molecular weight excluding hydrogens is 278 g/mol. The molecule has 1 rings (SSSR count). The first-order valence-electron chi connectivity index (χ1n) is 6.22. The van der Waals surface area contributed by atoms with Crippen molar-refractivity contribution >= 4 is 23.3 Å². The van der Waals surface area contributed by atoms with Crippen molar-refractivity contribution in [2.45, 2.75) is 6.42 Å². The number of rotatable bonds is 7. The first-order chi connectivity index (χ1) is 9.93. The number of likely N-dealkylation sites (N-methyl/N-ethyl adjacent to an activating group) is 1. The van der Waals surface area contributed by atoms with Crippen LogP contribution in [0.4, 0.5) is 11.4 Å². The molecule has 0 heterocycles. The van der Waals surface area contributed by atoms with E-state index in [1.165, 1.54) is 25.3 Å². The van der Waals surface area contributed by atoms with E-state index in [2.05, 4.69) is 10.1 Å². The fraction of sp³-hybridized carbons (Fsp3) is 0.385. The fourth-order valence-corrected chi connectivity index (χ4v) is 1.64. The van der Waals surface area contributed by atoms with E-state index in [-0.39, 0.29) is 30.3 Å². The summed E-state index contributed by atoms with van der Waals surface area (Å²) in [5.41, 5.74) is -0.0167. The van der Waals surface area contributed by atoms with Crippen molar-refractivity contribution in [3.63, 3.8) is 0 Å². The third kappa shape index (κ3) is 5.57. The van der Waals surface area contributed by atoms with E-state index in [0.29, 0.717) is 6.54 Å². The minimum atomic E-state index is -0.559. The van der Waals surface area contributed by atoms with Gasteiger partial charge in [-0.2, -0.15) is 0 Å². The van der Waals surface area contributed by atoms with Gasteiger partial charge in [0.25, 0.3) is 5.69 Å². The Morgan fingerprint density at radius 2 is 2.05 bits per heavy atom. The van der Waals surface area contributed by atoms with Crippen LogP contribution in [0, 0.1) is 10.1 Å². The Morgan fingerprint density at radius 1 is 1.38 bits per heavy atom. The molecule has 0 aliphatic heterocycles. The predicted molar refractivity (Wildman–Crippen MR) is 75.9 cm³/mol. The summed E-state index contributed by atoms with van der Waals surface area (Å²) in [6, 6.07) is 5.90. The highest BCUT2D eigenvalue weighted by Crippen LogP contribution is 2.22. The Morgan fingerprint density at radius 3 is 2.67 bits per heavy atom. The second-order valence-corrected chi connectivity index (χ2v) is 4.39. The standard InChI is InChI=1S/C13H17N3O5/c1-15(8-7-13(18)21-2)9-12(17)14-10-5-3-4-6-11(10)16(19)20/h3-6H,7-9H2,1-2H3,(H,14,17). The van der Waals surface area contributed by atoms with Crippen molar-refractivity contribution in [1.29, 1.82) is 0 Å². The molecule has 0 unspecified atom stereocenters. The Bertz CT molecular complexity index is 532. The Kier molecular flexibility index (Phi) is 6.28. The summed E-state index contributed by atoms with van der Waals surface area (Å²) in [5.74, 6) is -0.752. The van der Waals surface area contributed by atoms with E-state index in [0.717, 1.165) is 0 Å². The number of hydrogen-bond acceptors (Lipinski definition) is 6. The van der Waals surface area contributed by atoms with Crippen LogP contribution in [0.25, 0.3) is 0 Å². The molecule has 21 heavy (non-hydrogen) atoms. The number of nitrogens with one attached hydrogen (secondary N) is 1. The van der Waals surface area contributed by atoms with Crippen LogP contribution in [0.5, 0.6) is 0 Å². The number of carbonyl (C=O) groups is 2. The first kappa shape index (κ1) is 16.6. The third-order valence-electron chi connectivity index (χ3n) is 2.71. The molecule has 0 aromatic heterocycles. The van der Waals surface area contributed by atoms with E-state index in [4.69, 9.17) is 0 Å². The van der Waals surface area contributed by atoms with Crippen LogP contribution in [0.15, 0.2) is 24.3 Å². The zero-order valence-corrected chi connectivity index (χ0v) is 11.9. The average Bonchev–Trinajstić information content (AvgIpc) is 2.44. The molecular formula is C13H17N3O5. The maximum Gasteiger partial charge on any atom is 0.306 e. The van der Waals surface area contributed by atoms with Crippen LogP contribution in [-0.4, -0.2) is 48.9 Å². The molecule has 0 radical (unpaired) electrons. The van der Waals surface area contributed by atoms with Gasteiger partial charge in [0.15, 0.2) is 0 Å². The van der Waals surface area contributed by atoms with Gasteiger partial charge in [0.1, 0.15) is 5.69 Å². The topological polar surface area (TPSA) is 102 Å². The molecule has 0 atom stereocenters. The number of amides is 1. The second-order valence-electron chi connectivity index (χ2n) is 4.39. The number of benzene rings is 1. The maximum atomic E-state index is 11.8. The van der Waals surface area contributed by atoms with Crippen molar-refractivity contribution in [2.75, 3.05) is 32.6 Å². The average molecular weight is 295 g/mol.